The van der Waals surface area contributed by atoms with Crippen LogP contribution in [0.5, 0.6) is 0 Å². The van der Waals surface area contributed by atoms with Gasteiger partial charge >= 0.3 is 0 Å². The average Bonchev–Trinajstić information content (AvgIpc) is 2.03. The number of rotatable bonds is 5. The monoisotopic (exact) mass is 174 g/mol. The van der Waals surface area contributed by atoms with Crippen LogP contribution in [0.1, 0.15) is 20.3 Å². The van der Waals surface area contributed by atoms with E-state index in [9.17, 15) is 4.79 Å². The van der Waals surface area contributed by atoms with Crippen LogP contribution < -0.4 is 11.1 Å². The normalized spacial score (nSPS) is 13.1. The van der Waals surface area contributed by atoms with Crippen molar-refractivity contribution >= 4 is 5.91 Å². The molecule has 0 aliphatic carbocycles. The van der Waals surface area contributed by atoms with E-state index < -0.39 is 6.04 Å². The van der Waals surface area contributed by atoms with Gasteiger partial charge in [-0.1, -0.05) is 13.8 Å². The Morgan fingerprint density at radius 1 is 1.58 bits per heavy atom. The molecule has 0 spiro atoms. The molecular formula is C8H18N2O2. The number of carbonyl (C=O) groups excluding carboxylic acids is 1. The third kappa shape index (κ3) is 4.31. The average molecular weight is 174 g/mol. The van der Waals surface area contributed by atoms with Crippen molar-refractivity contribution in [2.45, 2.75) is 26.3 Å². The lowest BCUT2D eigenvalue weighted by Crippen LogP contribution is -2.44. The Morgan fingerprint density at radius 2 is 2.17 bits per heavy atom. The van der Waals surface area contributed by atoms with Gasteiger partial charge in [0.25, 0.3) is 0 Å². The van der Waals surface area contributed by atoms with E-state index >= 15 is 0 Å². The van der Waals surface area contributed by atoms with E-state index in [1.165, 1.54) is 0 Å². The standard InChI is InChI=1S/C8H18N2O2/c1-6(2)7(9)8(12)10-4-3-5-11/h6-7,11H,3-5,9H2,1-2H3,(H,10,12)/t7-/m0/s1. The molecule has 0 aliphatic heterocycles. The van der Waals surface area contributed by atoms with Gasteiger partial charge in [-0.2, -0.15) is 0 Å². The Hall–Kier alpha value is -0.610. The van der Waals surface area contributed by atoms with E-state index in [0.717, 1.165) is 0 Å². The zero-order valence-electron chi connectivity index (χ0n) is 7.71. The quantitative estimate of drug-likeness (QED) is 0.490. The number of nitrogens with two attached hydrogens (primary N) is 1. The van der Waals surface area contributed by atoms with Gasteiger partial charge in [0.15, 0.2) is 0 Å². The highest BCUT2D eigenvalue weighted by Crippen LogP contribution is 1.97. The molecule has 0 aromatic rings. The first kappa shape index (κ1) is 11.4. The van der Waals surface area contributed by atoms with Crippen LogP contribution in [0.2, 0.25) is 0 Å². The summed E-state index contributed by atoms with van der Waals surface area (Å²) in [6.07, 6.45) is 0.580. The molecule has 0 bridgehead atoms. The number of hydrogen-bond donors (Lipinski definition) is 3. The summed E-state index contributed by atoms with van der Waals surface area (Å²) in [5.41, 5.74) is 5.57. The van der Waals surface area contributed by atoms with E-state index in [0.29, 0.717) is 13.0 Å². The number of nitrogens with one attached hydrogen (secondary N) is 1. The predicted molar refractivity (Wildman–Crippen MR) is 47.5 cm³/mol. The molecule has 0 aliphatic rings. The summed E-state index contributed by atoms with van der Waals surface area (Å²) in [5, 5.41) is 11.1. The minimum absolute atomic E-state index is 0.0944. The van der Waals surface area contributed by atoms with Gasteiger partial charge in [0, 0.05) is 13.2 Å². The topological polar surface area (TPSA) is 75.4 Å². The molecule has 0 saturated heterocycles. The van der Waals surface area contributed by atoms with E-state index in [1.54, 1.807) is 0 Å². The van der Waals surface area contributed by atoms with Crippen LogP contribution in [0, 0.1) is 5.92 Å². The first-order valence-electron chi connectivity index (χ1n) is 4.23. The second-order valence-corrected chi connectivity index (χ2v) is 3.14. The molecule has 4 nitrogen and oxygen atoms in total. The summed E-state index contributed by atoms with van der Waals surface area (Å²) in [6.45, 7) is 4.39. The Kier molecular flexibility index (Phi) is 5.66. The number of aliphatic hydroxyl groups is 1. The summed E-state index contributed by atoms with van der Waals surface area (Å²) in [5.74, 6) is 0.0116. The second kappa shape index (κ2) is 5.97. The van der Waals surface area contributed by atoms with Crippen LogP contribution >= 0.6 is 0 Å². The lowest BCUT2D eigenvalue weighted by atomic mass is 10.1. The van der Waals surface area contributed by atoms with Crippen LogP contribution in [0.25, 0.3) is 0 Å². The van der Waals surface area contributed by atoms with Crippen molar-refractivity contribution in [3.8, 4) is 0 Å². The molecule has 0 fully saturated rings. The zero-order valence-corrected chi connectivity index (χ0v) is 7.71. The second-order valence-electron chi connectivity index (χ2n) is 3.14. The molecular weight excluding hydrogens is 156 g/mol. The van der Waals surface area contributed by atoms with Gasteiger partial charge in [-0.15, -0.1) is 0 Å². The summed E-state index contributed by atoms with van der Waals surface area (Å²) < 4.78 is 0. The van der Waals surface area contributed by atoms with E-state index in [1.807, 2.05) is 13.8 Å². The van der Waals surface area contributed by atoms with Crippen molar-refractivity contribution in [3.63, 3.8) is 0 Å². The van der Waals surface area contributed by atoms with Crippen LogP contribution in [0.4, 0.5) is 0 Å². The number of aliphatic hydroxyl groups excluding tert-OH is 1. The molecule has 0 saturated carbocycles. The first-order valence-corrected chi connectivity index (χ1v) is 4.23. The Balaban J connectivity index is 3.57. The van der Waals surface area contributed by atoms with Crippen LogP contribution in [0.3, 0.4) is 0 Å². The molecule has 1 amide bonds. The van der Waals surface area contributed by atoms with Crippen molar-refractivity contribution in [1.82, 2.24) is 5.32 Å². The fourth-order valence-corrected chi connectivity index (χ4v) is 0.711. The van der Waals surface area contributed by atoms with Crippen molar-refractivity contribution in [2.24, 2.45) is 11.7 Å². The minimum Gasteiger partial charge on any atom is -0.396 e. The highest BCUT2D eigenvalue weighted by atomic mass is 16.3. The van der Waals surface area contributed by atoms with E-state index in [4.69, 9.17) is 10.8 Å². The summed E-state index contributed by atoms with van der Waals surface area (Å²) in [7, 11) is 0. The van der Waals surface area contributed by atoms with Crippen molar-refractivity contribution in [3.05, 3.63) is 0 Å². The van der Waals surface area contributed by atoms with Gasteiger partial charge in [0.2, 0.25) is 5.91 Å². The maximum absolute atomic E-state index is 11.1. The molecule has 0 aromatic heterocycles. The van der Waals surface area contributed by atoms with Crippen LogP contribution in [-0.2, 0) is 4.79 Å². The van der Waals surface area contributed by atoms with Crippen LogP contribution in [0.15, 0.2) is 0 Å². The lowest BCUT2D eigenvalue weighted by molar-refractivity contribution is -0.123. The van der Waals surface area contributed by atoms with E-state index in [-0.39, 0.29) is 18.4 Å². The summed E-state index contributed by atoms with van der Waals surface area (Å²) >= 11 is 0. The fraction of sp³-hybridized carbons (Fsp3) is 0.875. The van der Waals surface area contributed by atoms with Crippen LogP contribution in [-0.4, -0.2) is 30.2 Å². The number of carbonyl (C=O) groups is 1. The molecule has 12 heavy (non-hydrogen) atoms. The highest BCUT2D eigenvalue weighted by Gasteiger charge is 2.15. The predicted octanol–water partition coefficient (Wildman–Crippen LogP) is -0.532. The highest BCUT2D eigenvalue weighted by molar-refractivity contribution is 5.81. The molecule has 72 valence electrons. The molecule has 0 heterocycles. The molecule has 0 aromatic carbocycles. The number of hydrogen-bond acceptors (Lipinski definition) is 3. The van der Waals surface area contributed by atoms with Gasteiger partial charge < -0.3 is 16.2 Å². The largest absolute Gasteiger partial charge is 0.396 e. The molecule has 0 unspecified atom stereocenters. The lowest BCUT2D eigenvalue weighted by Gasteiger charge is -2.14. The smallest absolute Gasteiger partial charge is 0.237 e. The fourth-order valence-electron chi connectivity index (χ4n) is 0.711. The summed E-state index contributed by atoms with van der Waals surface area (Å²) in [4.78, 5) is 11.1. The molecule has 0 radical (unpaired) electrons. The molecule has 4 heteroatoms. The van der Waals surface area contributed by atoms with Crippen molar-refractivity contribution in [1.29, 1.82) is 0 Å². The SMILES string of the molecule is CC(C)[C@H](N)C(=O)NCCCO. The zero-order chi connectivity index (χ0) is 9.56. The van der Waals surface area contributed by atoms with Gasteiger partial charge in [-0.25, -0.2) is 0 Å². The Labute approximate surface area is 73.1 Å². The Morgan fingerprint density at radius 3 is 2.58 bits per heavy atom. The van der Waals surface area contributed by atoms with Crippen molar-refractivity contribution in [2.75, 3.05) is 13.2 Å². The Bertz CT molecular complexity index is 137. The van der Waals surface area contributed by atoms with Gasteiger partial charge in [-0.3, -0.25) is 4.79 Å². The molecule has 4 N–H and O–H groups in total. The maximum Gasteiger partial charge on any atom is 0.237 e. The van der Waals surface area contributed by atoms with Gasteiger partial charge in [0.05, 0.1) is 6.04 Å². The third-order valence-electron chi connectivity index (χ3n) is 1.66. The first-order chi connectivity index (χ1) is 5.59. The molecule has 1 atom stereocenters. The van der Waals surface area contributed by atoms with Gasteiger partial charge in [0.1, 0.15) is 0 Å². The van der Waals surface area contributed by atoms with E-state index in [2.05, 4.69) is 5.32 Å². The van der Waals surface area contributed by atoms with Crippen molar-refractivity contribution < 1.29 is 9.90 Å². The maximum atomic E-state index is 11.1. The minimum atomic E-state index is -0.441. The third-order valence-corrected chi connectivity index (χ3v) is 1.66. The molecule has 0 rings (SSSR count). The number of amides is 1. The van der Waals surface area contributed by atoms with Gasteiger partial charge in [-0.05, 0) is 12.3 Å². The summed E-state index contributed by atoms with van der Waals surface area (Å²) in [6, 6.07) is -0.441.